The number of nitrogens with zero attached hydrogens (tertiary/aromatic N) is 1. The molecule has 2 aromatic heterocycles. The van der Waals surface area contributed by atoms with Crippen LogP contribution in [0.3, 0.4) is 0 Å². The van der Waals surface area contributed by atoms with Gasteiger partial charge in [0.25, 0.3) is 0 Å². The summed E-state index contributed by atoms with van der Waals surface area (Å²) in [6.45, 7) is 7.18. The van der Waals surface area contributed by atoms with Crippen molar-refractivity contribution in [2.45, 2.75) is 39.3 Å². The molecule has 3 nitrogen and oxygen atoms in total. The van der Waals surface area contributed by atoms with E-state index in [0.29, 0.717) is 0 Å². The molecule has 2 rings (SSSR count). The van der Waals surface area contributed by atoms with Crippen molar-refractivity contribution in [3.8, 4) is 5.75 Å². The number of hydrogen-bond donors (Lipinski definition) is 1. The monoisotopic (exact) mass is 368 g/mol. The first-order valence-corrected chi connectivity index (χ1v) is 8.86. The summed E-state index contributed by atoms with van der Waals surface area (Å²) in [7, 11) is 0. The first kappa shape index (κ1) is 16.5. The van der Waals surface area contributed by atoms with E-state index in [9.17, 15) is 0 Å². The summed E-state index contributed by atoms with van der Waals surface area (Å²) in [4.78, 5) is 4.33. The average molecular weight is 369 g/mol. The lowest BCUT2D eigenvalue weighted by molar-refractivity contribution is 0.241. The minimum absolute atomic E-state index is 0.149. The highest BCUT2D eigenvalue weighted by atomic mass is 79.9. The average Bonchev–Trinajstić information content (AvgIpc) is 2.85. The molecule has 0 aliphatic carbocycles. The highest BCUT2D eigenvalue weighted by molar-refractivity contribution is 9.11. The fourth-order valence-corrected chi connectivity index (χ4v) is 3.32. The number of halogens is 1. The molecule has 0 spiro atoms. The Balaban J connectivity index is 2.27. The van der Waals surface area contributed by atoms with E-state index in [-0.39, 0.29) is 12.1 Å². The summed E-state index contributed by atoms with van der Waals surface area (Å²) in [5.74, 6) is 0.820. The maximum atomic E-state index is 5.75. The van der Waals surface area contributed by atoms with Crippen LogP contribution in [0.2, 0.25) is 0 Å². The van der Waals surface area contributed by atoms with Crippen LogP contribution in [0.25, 0.3) is 0 Å². The molecular formula is C16H21BrN2OS. The molecule has 0 amide bonds. The number of pyridine rings is 1. The lowest BCUT2D eigenvalue weighted by Gasteiger charge is -2.19. The molecule has 114 valence electrons. The van der Waals surface area contributed by atoms with Crippen LogP contribution in [-0.4, -0.2) is 17.6 Å². The summed E-state index contributed by atoms with van der Waals surface area (Å²) in [6.07, 6.45) is 4.92. The molecule has 0 saturated heterocycles. The van der Waals surface area contributed by atoms with E-state index in [0.717, 1.165) is 28.1 Å². The van der Waals surface area contributed by atoms with Gasteiger partial charge in [0, 0.05) is 6.20 Å². The van der Waals surface area contributed by atoms with Crippen LogP contribution < -0.4 is 10.1 Å². The summed E-state index contributed by atoms with van der Waals surface area (Å²) >= 11 is 5.24. The summed E-state index contributed by atoms with van der Waals surface area (Å²) in [5, 5.41) is 5.76. The molecule has 0 aliphatic rings. The SMILES string of the molecule is CCCNC(c1cncc(OC(C)C)c1)c1csc(Br)c1. The van der Waals surface area contributed by atoms with E-state index in [4.69, 9.17) is 4.74 Å². The van der Waals surface area contributed by atoms with Crippen LogP contribution >= 0.6 is 27.3 Å². The van der Waals surface area contributed by atoms with Crippen molar-refractivity contribution in [1.82, 2.24) is 10.3 Å². The fraction of sp³-hybridized carbons (Fsp3) is 0.438. The third kappa shape index (κ3) is 4.80. The number of thiophene rings is 1. The topological polar surface area (TPSA) is 34.2 Å². The Morgan fingerprint density at radius 3 is 2.71 bits per heavy atom. The maximum Gasteiger partial charge on any atom is 0.138 e. The predicted octanol–water partition coefficient (Wildman–Crippen LogP) is 4.78. The van der Waals surface area contributed by atoms with Crippen molar-refractivity contribution in [3.63, 3.8) is 0 Å². The highest BCUT2D eigenvalue weighted by Crippen LogP contribution is 2.30. The van der Waals surface area contributed by atoms with Gasteiger partial charge in [-0.1, -0.05) is 6.92 Å². The molecule has 2 aromatic rings. The molecule has 0 saturated carbocycles. The zero-order chi connectivity index (χ0) is 15.2. The lowest BCUT2D eigenvalue weighted by Crippen LogP contribution is -2.23. The summed E-state index contributed by atoms with van der Waals surface area (Å²) in [6, 6.07) is 4.38. The molecule has 1 unspecified atom stereocenters. The van der Waals surface area contributed by atoms with Crippen molar-refractivity contribution in [1.29, 1.82) is 0 Å². The summed E-state index contributed by atoms with van der Waals surface area (Å²) < 4.78 is 6.90. The second-order valence-electron chi connectivity index (χ2n) is 5.19. The predicted molar refractivity (Wildman–Crippen MR) is 92.2 cm³/mol. The Morgan fingerprint density at radius 2 is 2.10 bits per heavy atom. The number of hydrogen-bond acceptors (Lipinski definition) is 4. The third-order valence-corrected chi connectivity index (χ3v) is 4.48. The number of nitrogens with one attached hydrogen (secondary N) is 1. The molecule has 0 aliphatic heterocycles. The van der Waals surface area contributed by atoms with Gasteiger partial charge in [-0.2, -0.15) is 0 Å². The molecule has 0 radical (unpaired) electrons. The first-order valence-electron chi connectivity index (χ1n) is 7.19. The number of rotatable bonds is 7. The van der Waals surface area contributed by atoms with Gasteiger partial charge in [-0.3, -0.25) is 4.98 Å². The van der Waals surface area contributed by atoms with Gasteiger partial charge in [-0.05, 0) is 71.4 Å². The number of aromatic nitrogens is 1. The van der Waals surface area contributed by atoms with Gasteiger partial charge >= 0.3 is 0 Å². The van der Waals surface area contributed by atoms with E-state index in [2.05, 4.69) is 50.7 Å². The van der Waals surface area contributed by atoms with E-state index in [1.165, 1.54) is 5.56 Å². The first-order chi connectivity index (χ1) is 10.1. The molecule has 0 aromatic carbocycles. The smallest absolute Gasteiger partial charge is 0.138 e. The van der Waals surface area contributed by atoms with E-state index >= 15 is 0 Å². The van der Waals surface area contributed by atoms with Crippen molar-refractivity contribution < 1.29 is 4.74 Å². The van der Waals surface area contributed by atoms with Crippen molar-refractivity contribution in [2.75, 3.05) is 6.54 Å². The van der Waals surface area contributed by atoms with Gasteiger partial charge in [0.2, 0.25) is 0 Å². The normalized spacial score (nSPS) is 12.6. The van der Waals surface area contributed by atoms with Crippen molar-refractivity contribution in [2.24, 2.45) is 0 Å². The molecule has 1 atom stereocenters. The van der Waals surface area contributed by atoms with Gasteiger partial charge in [-0.25, -0.2) is 0 Å². The van der Waals surface area contributed by atoms with Crippen molar-refractivity contribution in [3.05, 3.63) is 44.8 Å². The Hall–Kier alpha value is -0.910. The Bertz CT molecular complexity index is 571. The van der Waals surface area contributed by atoms with Gasteiger partial charge < -0.3 is 10.1 Å². The minimum Gasteiger partial charge on any atom is -0.489 e. The third-order valence-electron chi connectivity index (χ3n) is 2.96. The molecular weight excluding hydrogens is 348 g/mol. The molecule has 5 heteroatoms. The fourth-order valence-electron chi connectivity index (χ4n) is 2.12. The Labute approximate surface area is 138 Å². The van der Waals surface area contributed by atoms with Gasteiger partial charge in [0.05, 0.1) is 22.1 Å². The maximum absolute atomic E-state index is 5.75. The van der Waals surface area contributed by atoms with Gasteiger partial charge in [0.15, 0.2) is 0 Å². The quantitative estimate of drug-likeness (QED) is 0.763. The Kier molecular flexibility index (Phi) is 6.21. The van der Waals surface area contributed by atoms with Crippen LogP contribution in [-0.2, 0) is 0 Å². The molecule has 1 N–H and O–H groups in total. The van der Waals surface area contributed by atoms with E-state index in [1.54, 1.807) is 17.5 Å². The van der Waals surface area contributed by atoms with E-state index in [1.807, 2.05) is 20.0 Å². The number of ether oxygens (including phenoxy) is 1. The molecule has 21 heavy (non-hydrogen) atoms. The van der Waals surface area contributed by atoms with Gasteiger partial charge in [-0.15, -0.1) is 11.3 Å². The zero-order valence-corrected chi connectivity index (χ0v) is 15.0. The van der Waals surface area contributed by atoms with Crippen LogP contribution in [0.1, 0.15) is 44.4 Å². The van der Waals surface area contributed by atoms with Crippen LogP contribution in [0.15, 0.2) is 33.7 Å². The van der Waals surface area contributed by atoms with Crippen LogP contribution in [0.5, 0.6) is 5.75 Å². The summed E-state index contributed by atoms with van der Waals surface area (Å²) in [5.41, 5.74) is 2.38. The Morgan fingerprint density at radius 1 is 1.29 bits per heavy atom. The minimum atomic E-state index is 0.149. The second-order valence-corrected chi connectivity index (χ2v) is 7.48. The largest absolute Gasteiger partial charge is 0.489 e. The highest BCUT2D eigenvalue weighted by Gasteiger charge is 2.16. The van der Waals surface area contributed by atoms with Crippen molar-refractivity contribution >= 4 is 27.3 Å². The molecule has 2 heterocycles. The molecule has 0 bridgehead atoms. The zero-order valence-electron chi connectivity index (χ0n) is 12.6. The van der Waals surface area contributed by atoms with Crippen LogP contribution in [0, 0.1) is 0 Å². The van der Waals surface area contributed by atoms with E-state index < -0.39 is 0 Å². The standard InChI is InChI=1S/C16H21BrN2OS/c1-4-5-19-16(13-7-15(17)21-10-13)12-6-14(9-18-8-12)20-11(2)3/h6-11,16,19H,4-5H2,1-3H3. The van der Waals surface area contributed by atoms with Crippen LogP contribution in [0.4, 0.5) is 0 Å². The lowest BCUT2D eigenvalue weighted by atomic mass is 10.0. The second kappa shape index (κ2) is 7.92. The molecule has 0 fully saturated rings. The van der Waals surface area contributed by atoms with Gasteiger partial charge in [0.1, 0.15) is 5.75 Å².